The zero-order valence-electron chi connectivity index (χ0n) is 12.9. The molecule has 120 valence electrons. The maximum absolute atomic E-state index is 13.2. The van der Waals surface area contributed by atoms with Gasteiger partial charge in [-0.2, -0.15) is 0 Å². The number of rotatable bonds is 3. The third-order valence-corrected chi connectivity index (χ3v) is 4.50. The van der Waals surface area contributed by atoms with E-state index >= 15 is 0 Å². The first-order valence-corrected chi connectivity index (χ1v) is 7.82. The fraction of sp³-hybridized carbons (Fsp3) is 0.625. The number of pyridine rings is 1. The van der Waals surface area contributed by atoms with E-state index in [0.717, 1.165) is 18.7 Å². The van der Waals surface area contributed by atoms with Gasteiger partial charge in [-0.25, -0.2) is 4.39 Å². The molecule has 22 heavy (non-hydrogen) atoms. The molecule has 2 aliphatic heterocycles. The number of hydrogen-bond donors (Lipinski definition) is 0. The lowest BCUT2D eigenvalue weighted by atomic mass is 9.96. The number of hydrogen-bond acceptors (Lipinski definition) is 4. The quantitative estimate of drug-likeness (QED) is 0.840. The van der Waals surface area contributed by atoms with Crippen molar-refractivity contribution in [2.45, 2.75) is 13.5 Å². The molecule has 1 amide bonds. The van der Waals surface area contributed by atoms with Gasteiger partial charge in [0.2, 0.25) is 5.91 Å². The van der Waals surface area contributed by atoms with Crippen molar-refractivity contribution in [3.05, 3.63) is 29.8 Å². The van der Waals surface area contributed by atoms with Crippen LogP contribution in [0.5, 0.6) is 0 Å². The summed E-state index contributed by atoms with van der Waals surface area (Å²) in [5, 5.41) is 0. The first kappa shape index (κ1) is 15.4. The lowest BCUT2D eigenvalue weighted by molar-refractivity contribution is -0.140. The topological polar surface area (TPSA) is 45.7 Å². The number of carbonyl (C=O) groups excluding carboxylic acids is 1. The molecule has 0 bridgehead atoms. The Morgan fingerprint density at radius 2 is 2.14 bits per heavy atom. The minimum absolute atomic E-state index is 0.0274. The van der Waals surface area contributed by atoms with E-state index < -0.39 is 0 Å². The number of amides is 1. The molecule has 3 rings (SSSR count). The Labute approximate surface area is 130 Å². The lowest BCUT2D eigenvalue weighted by Crippen LogP contribution is -2.45. The third-order valence-electron chi connectivity index (χ3n) is 4.50. The summed E-state index contributed by atoms with van der Waals surface area (Å²) in [5.74, 6) is 0.262. The van der Waals surface area contributed by atoms with Gasteiger partial charge < -0.3 is 9.64 Å². The van der Waals surface area contributed by atoms with Crippen LogP contribution < -0.4 is 0 Å². The molecule has 1 aromatic rings. The maximum atomic E-state index is 13.2. The number of ether oxygens (including phenoxy) is 1. The molecule has 2 aliphatic rings. The summed E-state index contributed by atoms with van der Waals surface area (Å²) in [4.78, 5) is 20.6. The van der Waals surface area contributed by atoms with Crippen LogP contribution in [0.2, 0.25) is 0 Å². The van der Waals surface area contributed by atoms with Gasteiger partial charge in [0.15, 0.2) is 0 Å². The second-order valence-corrected chi connectivity index (χ2v) is 6.23. The molecule has 0 aliphatic carbocycles. The van der Waals surface area contributed by atoms with Crippen LogP contribution in [0.1, 0.15) is 12.5 Å². The Hall–Kier alpha value is -1.53. The molecule has 3 heterocycles. The molecule has 0 saturated carbocycles. The highest BCUT2D eigenvalue weighted by molar-refractivity contribution is 5.79. The van der Waals surface area contributed by atoms with E-state index in [4.69, 9.17) is 4.74 Å². The van der Waals surface area contributed by atoms with Crippen molar-refractivity contribution in [2.24, 2.45) is 11.8 Å². The average Bonchev–Trinajstić information content (AvgIpc) is 2.88. The summed E-state index contributed by atoms with van der Waals surface area (Å²) >= 11 is 0. The standard InChI is InChI=1S/C16H22FN3O2/c1-12-9-19(10-13-6-14(17)8-18-7-13)11-15(12)16(21)20-2-4-22-5-3-20/h6-8,12,15H,2-5,9-11H2,1H3/t12-,15-/m1/s1. The van der Waals surface area contributed by atoms with Crippen LogP contribution >= 0.6 is 0 Å². The predicted octanol–water partition coefficient (Wildman–Crippen LogP) is 1.15. The summed E-state index contributed by atoms with van der Waals surface area (Å²) in [6.07, 6.45) is 2.89. The molecule has 6 heteroatoms. The van der Waals surface area contributed by atoms with Crippen LogP contribution in [0.15, 0.2) is 18.5 Å². The Morgan fingerprint density at radius 1 is 1.36 bits per heavy atom. The highest BCUT2D eigenvalue weighted by atomic mass is 19.1. The largest absolute Gasteiger partial charge is 0.378 e. The normalized spacial score (nSPS) is 26.4. The molecule has 2 saturated heterocycles. The SMILES string of the molecule is C[C@@H]1CN(Cc2cncc(F)c2)C[C@H]1C(=O)N1CCOCC1. The second kappa shape index (κ2) is 6.71. The monoisotopic (exact) mass is 307 g/mol. The van der Waals surface area contributed by atoms with E-state index in [1.807, 2.05) is 4.90 Å². The molecule has 2 atom stereocenters. The molecule has 0 aromatic carbocycles. The molecule has 5 nitrogen and oxygen atoms in total. The van der Waals surface area contributed by atoms with Gasteiger partial charge >= 0.3 is 0 Å². The summed E-state index contributed by atoms with van der Waals surface area (Å²) in [6.45, 7) is 6.99. The van der Waals surface area contributed by atoms with Crippen molar-refractivity contribution in [1.82, 2.24) is 14.8 Å². The van der Waals surface area contributed by atoms with Crippen molar-refractivity contribution in [1.29, 1.82) is 0 Å². The van der Waals surface area contributed by atoms with Gasteiger partial charge in [-0.15, -0.1) is 0 Å². The highest BCUT2D eigenvalue weighted by Gasteiger charge is 2.37. The summed E-state index contributed by atoms with van der Waals surface area (Å²) in [7, 11) is 0. The Morgan fingerprint density at radius 3 is 2.86 bits per heavy atom. The summed E-state index contributed by atoms with van der Waals surface area (Å²) in [6, 6.07) is 1.51. The summed E-state index contributed by atoms with van der Waals surface area (Å²) in [5.41, 5.74) is 0.853. The number of aromatic nitrogens is 1. The zero-order chi connectivity index (χ0) is 15.5. The van der Waals surface area contributed by atoms with E-state index in [2.05, 4.69) is 16.8 Å². The second-order valence-electron chi connectivity index (χ2n) is 6.23. The zero-order valence-corrected chi connectivity index (χ0v) is 12.9. The van der Waals surface area contributed by atoms with Gasteiger partial charge in [0.05, 0.1) is 25.3 Å². The number of halogens is 1. The Bertz CT molecular complexity index is 534. The van der Waals surface area contributed by atoms with Crippen LogP contribution in [0, 0.1) is 17.7 Å². The van der Waals surface area contributed by atoms with E-state index in [0.29, 0.717) is 38.8 Å². The molecule has 0 spiro atoms. The Balaban J connectivity index is 1.60. The fourth-order valence-electron chi connectivity index (χ4n) is 3.34. The molecular formula is C16H22FN3O2. The average molecular weight is 307 g/mol. The van der Waals surface area contributed by atoms with Gasteiger partial charge in [-0.3, -0.25) is 14.7 Å². The van der Waals surface area contributed by atoms with Crippen molar-refractivity contribution in [3.63, 3.8) is 0 Å². The number of nitrogens with zero attached hydrogens (tertiary/aromatic N) is 3. The van der Waals surface area contributed by atoms with Crippen molar-refractivity contribution >= 4 is 5.91 Å². The van der Waals surface area contributed by atoms with E-state index in [1.165, 1.54) is 12.3 Å². The minimum atomic E-state index is -0.314. The van der Waals surface area contributed by atoms with Crippen LogP contribution in [0.25, 0.3) is 0 Å². The smallest absolute Gasteiger partial charge is 0.227 e. The molecule has 2 fully saturated rings. The number of carbonyl (C=O) groups is 1. The van der Waals surface area contributed by atoms with Gasteiger partial charge in [-0.05, 0) is 17.5 Å². The third kappa shape index (κ3) is 3.44. The van der Waals surface area contributed by atoms with Crippen molar-refractivity contribution in [3.8, 4) is 0 Å². The first-order valence-electron chi connectivity index (χ1n) is 7.82. The van der Waals surface area contributed by atoms with Gasteiger partial charge in [-0.1, -0.05) is 6.92 Å². The van der Waals surface area contributed by atoms with Crippen LogP contribution in [0.3, 0.4) is 0 Å². The first-order chi connectivity index (χ1) is 10.6. The lowest BCUT2D eigenvalue weighted by Gasteiger charge is -2.30. The van der Waals surface area contributed by atoms with Crippen molar-refractivity contribution < 1.29 is 13.9 Å². The molecule has 0 unspecified atom stereocenters. The number of morpholine rings is 1. The molecule has 0 N–H and O–H groups in total. The fourth-order valence-corrected chi connectivity index (χ4v) is 3.34. The van der Waals surface area contributed by atoms with Gasteiger partial charge in [0.1, 0.15) is 5.82 Å². The van der Waals surface area contributed by atoms with Crippen LogP contribution in [-0.4, -0.2) is 60.1 Å². The van der Waals surface area contributed by atoms with E-state index in [-0.39, 0.29) is 17.6 Å². The summed E-state index contributed by atoms with van der Waals surface area (Å²) < 4.78 is 18.5. The van der Waals surface area contributed by atoms with Crippen LogP contribution in [0.4, 0.5) is 4.39 Å². The maximum Gasteiger partial charge on any atom is 0.227 e. The number of likely N-dealkylation sites (tertiary alicyclic amines) is 1. The minimum Gasteiger partial charge on any atom is -0.378 e. The predicted molar refractivity (Wildman–Crippen MR) is 79.5 cm³/mol. The van der Waals surface area contributed by atoms with Crippen molar-refractivity contribution in [2.75, 3.05) is 39.4 Å². The van der Waals surface area contributed by atoms with Gasteiger partial charge in [0, 0.05) is 38.9 Å². The highest BCUT2D eigenvalue weighted by Crippen LogP contribution is 2.26. The van der Waals surface area contributed by atoms with E-state index in [9.17, 15) is 9.18 Å². The molecule has 0 radical (unpaired) electrons. The molecular weight excluding hydrogens is 285 g/mol. The molecule has 1 aromatic heterocycles. The van der Waals surface area contributed by atoms with Crippen LogP contribution in [-0.2, 0) is 16.1 Å². The van der Waals surface area contributed by atoms with Gasteiger partial charge in [0.25, 0.3) is 0 Å². The van der Waals surface area contributed by atoms with E-state index in [1.54, 1.807) is 6.20 Å². The Kier molecular flexibility index (Phi) is 4.69.